The lowest BCUT2D eigenvalue weighted by molar-refractivity contribution is -0.135. The van der Waals surface area contributed by atoms with Crippen LogP contribution in [0.4, 0.5) is 0 Å². The minimum atomic E-state index is -1.48. The van der Waals surface area contributed by atoms with E-state index >= 15 is 0 Å². The molecule has 0 saturated heterocycles. The second kappa shape index (κ2) is 4.49. The Morgan fingerprint density at radius 2 is 1.91 bits per heavy atom. The van der Waals surface area contributed by atoms with Crippen molar-refractivity contribution in [1.29, 1.82) is 0 Å². The first-order valence-electron chi connectivity index (χ1n) is 3.24. The maximum absolute atomic E-state index is 10.7. The number of rotatable bonds is 4. The predicted molar refractivity (Wildman–Crippen MR) is 38.3 cm³/mol. The van der Waals surface area contributed by atoms with E-state index in [0.717, 1.165) is 6.08 Å². The monoisotopic (exact) mass is 158 g/mol. The third-order valence-corrected chi connectivity index (χ3v) is 1.01. The summed E-state index contributed by atoms with van der Waals surface area (Å²) in [6, 6.07) is 0. The highest BCUT2D eigenvalue weighted by atomic mass is 16.4. The average Bonchev–Trinajstić information content (AvgIpc) is 1.87. The maximum atomic E-state index is 10.7. The van der Waals surface area contributed by atoms with Crippen molar-refractivity contribution in [2.24, 2.45) is 0 Å². The van der Waals surface area contributed by atoms with Gasteiger partial charge in [0.05, 0.1) is 0 Å². The van der Waals surface area contributed by atoms with E-state index in [2.05, 4.69) is 0 Å². The van der Waals surface area contributed by atoms with E-state index in [4.69, 9.17) is 10.2 Å². The van der Waals surface area contributed by atoms with Gasteiger partial charge >= 0.3 is 5.97 Å². The van der Waals surface area contributed by atoms with Gasteiger partial charge in [-0.15, -0.1) is 0 Å². The average molecular weight is 158 g/mol. The van der Waals surface area contributed by atoms with Crippen LogP contribution in [-0.4, -0.2) is 22.0 Å². The zero-order chi connectivity index (χ0) is 8.85. The van der Waals surface area contributed by atoms with Gasteiger partial charge in [0, 0.05) is 12.5 Å². The summed E-state index contributed by atoms with van der Waals surface area (Å²) >= 11 is 0. The Kier molecular flexibility index (Phi) is 3.95. The minimum Gasteiger partial charge on any atom is -0.502 e. The number of hydrogen-bond donors (Lipinski definition) is 2. The number of aliphatic hydroxyl groups excluding tert-OH is 1. The Balaban J connectivity index is 4.08. The molecule has 0 aliphatic heterocycles. The normalized spacial score (nSPS) is 11.2. The molecule has 0 aliphatic rings. The summed E-state index contributed by atoms with van der Waals surface area (Å²) in [4.78, 5) is 20.6. The van der Waals surface area contributed by atoms with E-state index in [9.17, 15) is 9.59 Å². The first-order chi connectivity index (χ1) is 5.07. The van der Waals surface area contributed by atoms with Crippen LogP contribution < -0.4 is 0 Å². The maximum Gasteiger partial charge on any atom is 0.371 e. The SMILES string of the molecule is CCCC(=O)/C=C(\O)C(=O)O. The third kappa shape index (κ3) is 4.13. The lowest BCUT2D eigenvalue weighted by atomic mass is 10.2. The topological polar surface area (TPSA) is 74.6 Å². The summed E-state index contributed by atoms with van der Waals surface area (Å²) in [7, 11) is 0. The highest BCUT2D eigenvalue weighted by Crippen LogP contribution is 1.94. The summed E-state index contributed by atoms with van der Waals surface area (Å²) in [5.41, 5.74) is 0. The number of carboxylic acid groups (broad SMARTS) is 1. The molecule has 0 aromatic carbocycles. The molecule has 0 atom stereocenters. The number of hydrogen-bond acceptors (Lipinski definition) is 3. The van der Waals surface area contributed by atoms with Gasteiger partial charge in [-0.25, -0.2) is 4.79 Å². The van der Waals surface area contributed by atoms with Crippen molar-refractivity contribution in [3.8, 4) is 0 Å². The van der Waals surface area contributed by atoms with E-state index in [1.807, 2.05) is 0 Å². The standard InChI is InChI=1S/C7H10O4/c1-2-3-5(8)4-6(9)7(10)11/h4,9H,2-3H2,1H3,(H,10,11)/b6-4-. The van der Waals surface area contributed by atoms with Crippen molar-refractivity contribution >= 4 is 11.8 Å². The second-order valence-corrected chi connectivity index (χ2v) is 2.05. The molecular weight excluding hydrogens is 148 g/mol. The van der Waals surface area contributed by atoms with Gasteiger partial charge in [0.2, 0.25) is 5.76 Å². The fraction of sp³-hybridized carbons (Fsp3) is 0.429. The van der Waals surface area contributed by atoms with E-state index < -0.39 is 11.7 Å². The summed E-state index contributed by atoms with van der Waals surface area (Å²) in [5.74, 6) is -2.75. The number of aliphatic hydroxyl groups is 1. The van der Waals surface area contributed by atoms with Gasteiger partial charge in [-0.1, -0.05) is 6.92 Å². The molecule has 0 radical (unpaired) electrons. The number of carbonyl (C=O) groups is 2. The number of carbonyl (C=O) groups excluding carboxylic acids is 1. The third-order valence-electron chi connectivity index (χ3n) is 1.01. The summed E-state index contributed by atoms with van der Waals surface area (Å²) in [5, 5.41) is 16.7. The molecule has 0 unspecified atom stereocenters. The molecular formula is C7H10O4. The zero-order valence-corrected chi connectivity index (χ0v) is 6.20. The molecule has 0 spiro atoms. The summed E-state index contributed by atoms with van der Waals surface area (Å²) < 4.78 is 0. The van der Waals surface area contributed by atoms with Gasteiger partial charge in [-0.05, 0) is 6.42 Å². The molecule has 4 heteroatoms. The first kappa shape index (κ1) is 9.68. The van der Waals surface area contributed by atoms with Crippen LogP contribution in [0.3, 0.4) is 0 Å². The first-order valence-corrected chi connectivity index (χ1v) is 3.24. The highest BCUT2D eigenvalue weighted by Gasteiger charge is 2.05. The fourth-order valence-corrected chi connectivity index (χ4v) is 0.533. The zero-order valence-electron chi connectivity index (χ0n) is 6.20. The smallest absolute Gasteiger partial charge is 0.371 e. The predicted octanol–water partition coefficient (Wildman–Crippen LogP) is 0.882. The number of ketones is 1. The molecule has 0 heterocycles. The number of aliphatic carboxylic acids is 1. The minimum absolute atomic E-state index is 0.261. The molecule has 62 valence electrons. The van der Waals surface area contributed by atoms with Crippen molar-refractivity contribution in [3.05, 3.63) is 11.8 Å². The van der Waals surface area contributed by atoms with Crippen molar-refractivity contribution in [2.45, 2.75) is 19.8 Å². The second-order valence-electron chi connectivity index (χ2n) is 2.05. The Hall–Kier alpha value is -1.32. The lowest BCUT2D eigenvalue weighted by Gasteiger charge is -1.90. The largest absolute Gasteiger partial charge is 0.502 e. The molecule has 0 fully saturated rings. The van der Waals surface area contributed by atoms with Crippen LogP contribution in [0.15, 0.2) is 11.8 Å². The summed E-state index contributed by atoms with van der Waals surface area (Å²) in [6.07, 6.45) is 1.63. The van der Waals surface area contributed by atoms with Gasteiger partial charge in [-0.2, -0.15) is 0 Å². The fourth-order valence-electron chi connectivity index (χ4n) is 0.533. The molecule has 0 amide bonds. The molecule has 2 N–H and O–H groups in total. The molecule has 0 aliphatic carbocycles. The van der Waals surface area contributed by atoms with Crippen LogP contribution in [0, 0.1) is 0 Å². The van der Waals surface area contributed by atoms with E-state index in [0.29, 0.717) is 6.42 Å². The van der Waals surface area contributed by atoms with E-state index in [1.165, 1.54) is 0 Å². The van der Waals surface area contributed by atoms with Gasteiger partial charge in [-0.3, -0.25) is 4.79 Å². The Bertz CT molecular complexity index is 193. The van der Waals surface area contributed by atoms with Gasteiger partial charge in [0.15, 0.2) is 5.78 Å². The van der Waals surface area contributed by atoms with Crippen molar-refractivity contribution in [2.75, 3.05) is 0 Å². The van der Waals surface area contributed by atoms with E-state index in [-0.39, 0.29) is 12.2 Å². The van der Waals surface area contributed by atoms with E-state index in [1.54, 1.807) is 6.92 Å². The van der Waals surface area contributed by atoms with Crippen molar-refractivity contribution in [3.63, 3.8) is 0 Å². The van der Waals surface area contributed by atoms with Crippen LogP contribution in [0.2, 0.25) is 0 Å². The van der Waals surface area contributed by atoms with Gasteiger partial charge in [0.25, 0.3) is 0 Å². The Morgan fingerprint density at radius 1 is 1.36 bits per heavy atom. The molecule has 0 aromatic heterocycles. The van der Waals surface area contributed by atoms with Crippen LogP contribution in [0.1, 0.15) is 19.8 Å². The Morgan fingerprint density at radius 3 is 2.27 bits per heavy atom. The molecule has 0 aromatic rings. The molecule has 0 rings (SSSR count). The lowest BCUT2D eigenvalue weighted by Crippen LogP contribution is -2.02. The quantitative estimate of drug-likeness (QED) is 0.470. The van der Waals surface area contributed by atoms with Crippen LogP contribution in [-0.2, 0) is 9.59 Å². The Labute approximate surface area is 64.2 Å². The molecule has 11 heavy (non-hydrogen) atoms. The van der Waals surface area contributed by atoms with Crippen LogP contribution in [0.5, 0.6) is 0 Å². The number of allylic oxidation sites excluding steroid dienone is 1. The summed E-state index contributed by atoms with van der Waals surface area (Å²) in [6.45, 7) is 1.80. The van der Waals surface area contributed by atoms with Crippen LogP contribution >= 0.6 is 0 Å². The molecule has 0 bridgehead atoms. The molecule has 4 nitrogen and oxygen atoms in total. The van der Waals surface area contributed by atoms with Gasteiger partial charge in [0.1, 0.15) is 0 Å². The van der Waals surface area contributed by atoms with Crippen molar-refractivity contribution < 1.29 is 19.8 Å². The van der Waals surface area contributed by atoms with Crippen LogP contribution in [0.25, 0.3) is 0 Å². The highest BCUT2D eigenvalue weighted by molar-refractivity contribution is 5.97. The van der Waals surface area contributed by atoms with Crippen molar-refractivity contribution in [1.82, 2.24) is 0 Å². The molecule has 0 saturated carbocycles. The number of carboxylic acids is 1. The van der Waals surface area contributed by atoms with Gasteiger partial charge < -0.3 is 10.2 Å².